The van der Waals surface area contributed by atoms with Gasteiger partial charge in [0, 0.05) is 17.5 Å². The lowest BCUT2D eigenvalue weighted by Gasteiger charge is -2.32. The Bertz CT molecular complexity index is 800. The maximum absolute atomic E-state index is 11.5. The van der Waals surface area contributed by atoms with Gasteiger partial charge in [-0.3, -0.25) is 10.1 Å². The Hall–Kier alpha value is -2.16. The first kappa shape index (κ1) is 20.6. The number of nitro groups is 1. The standard InChI is InChI=1S/C25H33NO2/c1-3-5-7-11-17-25(18-12-8-6-4-2)23-14-10-9-13-21(23)22-16-15-20(26(27)28)19-24(22)25/h9-10,13-16,19H,3-8,11-12,17-18H2,1-2H3. The highest BCUT2D eigenvalue weighted by atomic mass is 16.6. The van der Waals surface area contributed by atoms with E-state index in [0.717, 1.165) is 12.8 Å². The van der Waals surface area contributed by atoms with Crippen molar-refractivity contribution in [2.45, 2.75) is 83.5 Å². The van der Waals surface area contributed by atoms with E-state index in [1.165, 1.54) is 73.6 Å². The highest BCUT2D eigenvalue weighted by molar-refractivity contribution is 5.82. The van der Waals surface area contributed by atoms with E-state index in [-0.39, 0.29) is 16.0 Å². The Kier molecular flexibility index (Phi) is 6.88. The molecule has 0 spiro atoms. The number of rotatable bonds is 11. The normalized spacial score (nSPS) is 13.9. The van der Waals surface area contributed by atoms with Crippen molar-refractivity contribution >= 4 is 5.69 Å². The fourth-order valence-corrected chi connectivity index (χ4v) is 4.93. The first-order valence-corrected chi connectivity index (χ1v) is 11.0. The lowest BCUT2D eigenvalue weighted by atomic mass is 9.70. The molecule has 2 aromatic carbocycles. The average molecular weight is 380 g/mol. The Labute approximate surface area is 169 Å². The molecule has 3 nitrogen and oxygen atoms in total. The molecule has 0 saturated carbocycles. The van der Waals surface area contributed by atoms with E-state index in [1.54, 1.807) is 6.07 Å². The second-order valence-electron chi connectivity index (χ2n) is 8.24. The van der Waals surface area contributed by atoms with Crippen LogP contribution in [0.5, 0.6) is 0 Å². The van der Waals surface area contributed by atoms with Gasteiger partial charge in [0.1, 0.15) is 0 Å². The number of non-ortho nitro benzene ring substituents is 1. The minimum Gasteiger partial charge on any atom is -0.258 e. The van der Waals surface area contributed by atoms with Gasteiger partial charge in [-0.15, -0.1) is 0 Å². The number of hydrogen-bond donors (Lipinski definition) is 0. The SMILES string of the molecule is CCCCCCC1(CCCCCC)c2ccccc2-c2ccc([N+](=O)[O-])cc21. The Morgan fingerprint density at radius 2 is 1.39 bits per heavy atom. The molecule has 0 unspecified atom stereocenters. The predicted molar refractivity (Wildman–Crippen MR) is 117 cm³/mol. The molecule has 0 bridgehead atoms. The van der Waals surface area contributed by atoms with Gasteiger partial charge in [-0.2, -0.15) is 0 Å². The number of nitro benzene ring substituents is 1. The molecule has 2 aromatic rings. The molecule has 0 amide bonds. The summed E-state index contributed by atoms with van der Waals surface area (Å²) in [6.07, 6.45) is 12.0. The molecule has 0 N–H and O–H groups in total. The summed E-state index contributed by atoms with van der Waals surface area (Å²) >= 11 is 0. The number of nitrogens with zero attached hydrogens (tertiary/aromatic N) is 1. The predicted octanol–water partition coefficient (Wildman–Crippen LogP) is 7.80. The fraction of sp³-hybridized carbons (Fsp3) is 0.520. The third-order valence-electron chi connectivity index (χ3n) is 6.38. The molecule has 1 aliphatic carbocycles. The monoisotopic (exact) mass is 379 g/mol. The maximum atomic E-state index is 11.5. The largest absolute Gasteiger partial charge is 0.269 e. The van der Waals surface area contributed by atoms with Gasteiger partial charge in [-0.25, -0.2) is 0 Å². The minimum atomic E-state index is -0.248. The van der Waals surface area contributed by atoms with E-state index in [0.29, 0.717) is 0 Å². The van der Waals surface area contributed by atoms with Crippen LogP contribution in [-0.4, -0.2) is 4.92 Å². The summed E-state index contributed by atoms with van der Waals surface area (Å²) in [4.78, 5) is 11.2. The van der Waals surface area contributed by atoms with Crippen molar-refractivity contribution in [3.05, 3.63) is 63.7 Å². The zero-order valence-electron chi connectivity index (χ0n) is 17.4. The highest BCUT2D eigenvalue weighted by Crippen LogP contribution is 2.54. The third-order valence-corrected chi connectivity index (χ3v) is 6.38. The number of fused-ring (bicyclic) bond motifs is 3. The Morgan fingerprint density at radius 3 is 2.00 bits per heavy atom. The van der Waals surface area contributed by atoms with E-state index in [1.807, 2.05) is 12.1 Å². The van der Waals surface area contributed by atoms with E-state index < -0.39 is 0 Å². The van der Waals surface area contributed by atoms with Crippen LogP contribution in [0.4, 0.5) is 5.69 Å². The molecular formula is C25H33NO2. The lowest BCUT2D eigenvalue weighted by Crippen LogP contribution is -2.25. The van der Waals surface area contributed by atoms with Gasteiger partial charge in [-0.1, -0.05) is 89.5 Å². The van der Waals surface area contributed by atoms with Crippen molar-refractivity contribution in [3.63, 3.8) is 0 Å². The Balaban J connectivity index is 2.04. The van der Waals surface area contributed by atoms with E-state index >= 15 is 0 Å². The zero-order chi connectivity index (χ0) is 20.0. The van der Waals surface area contributed by atoms with Crippen LogP contribution in [0.1, 0.15) is 89.2 Å². The van der Waals surface area contributed by atoms with Gasteiger partial charge >= 0.3 is 0 Å². The van der Waals surface area contributed by atoms with Crippen molar-refractivity contribution in [1.82, 2.24) is 0 Å². The molecule has 1 aliphatic rings. The van der Waals surface area contributed by atoms with Crippen LogP contribution in [0.3, 0.4) is 0 Å². The molecule has 0 atom stereocenters. The van der Waals surface area contributed by atoms with Gasteiger partial charge in [0.25, 0.3) is 5.69 Å². The second-order valence-corrected chi connectivity index (χ2v) is 8.24. The van der Waals surface area contributed by atoms with E-state index in [4.69, 9.17) is 0 Å². The maximum Gasteiger partial charge on any atom is 0.269 e. The van der Waals surface area contributed by atoms with Crippen LogP contribution < -0.4 is 0 Å². The molecule has 0 fully saturated rings. The third kappa shape index (κ3) is 3.99. The van der Waals surface area contributed by atoms with Crippen LogP contribution in [0.15, 0.2) is 42.5 Å². The molecular weight excluding hydrogens is 346 g/mol. The topological polar surface area (TPSA) is 43.1 Å². The van der Waals surface area contributed by atoms with Gasteiger partial charge in [0.2, 0.25) is 0 Å². The molecule has 3 rings (SSSR count). The summed E-state index contributed by atoms with van der Waals surface area (Å²) in [5, 5.41) is 11.5. The van der Waals surface area contributed by atoms with Crippen molar-refractivity contribution < 1.29 is 4.92 Å². The van der Waals surface area contributed by atoms with Crippen LogP contribution in [0.25, 0.3) is 11.1 Å². The van der Waals surface area contributed by atoms with Crippen LogP contribution in [-0.2, 0) is 5.41 Å². The first-order chi connectivity index (χ1) is 13.6. The molecule has 0 radical (unpaired) electrons. The summed E-state index contributed by atoms with van der Waals surface area (Å²) < 4.78 is 0. The van der Waals surface area contributed by atoms with Crippen LogP contribution >= 0.6 is 0 Å². The van der Waals surface area contributed by atoms with Crippen molar-refractivity contribution in [3.8, 4) is 11.1 Å². The highest BCUT2D eigenvalue weighted by Gasteiger charge is 2.42. The van der Waals surface area contributed by atoms with Gasteiger partial charge in [0.05, 0.1) is 4.92 Å². The second kappa shape index (κ2) is 9.36. The van der Waals surface area contributed by atoms with Crippen LogP contribution in [0, 0.1) is 10.1 Å². The average Bonchev–Trinajstić information content (AvgIpc) is 2.99. The number of benzene rings is 2. The quantitative estimate of drug-likeness (QED) is 0.227. The smallest absolute Gasteiger partial charge is 0.258 e. The summed E-state index contributed by atoms with van der Waals surface area (Å²) in [5.74, 6) is 0. The van der Waals surface area contributed by atoms with Crippen molar-refractivity contribution in [2.24, 2.45) is 0 Å². The minimum absolute atomic E-state index is 0.0700. The number of unbranched alkanes of at least 4 members (excludes halogenated alkanes) is 6. The number of hydrogen-bond acceptors (Lipinski definition) is 2. The molecule has 0 aliphatic heterocycles. The zero-order valence-corrected chi connectivity index (χ0v) is 17.4. The summed E-state index contributed by atoms with van der Waals surface area (Å²) in [6.45, 7) is 4.48. The molecule has 28 heavy (non-hydrogen) atoms. The van der Waals surface area contributed by atoms with Crippen LogP contribution in [0.2, 0.25) is 0 Å². The molecule has 3 heteroatoms. The van der Waals surface area contributed by atoms with Crippen molar-refractivity contribution in [2.75, 3.05) is 0 Å². The van der Waals surface area contributed by atoms with E-state index in [2.05, 4.69) is 38.1 Å². The van der Waals surface area contributed by atoms with Gasteiger partial charge < -0.3 is 0 Å². The van der Waals surface area contributed by atoms with Gasteiger partial charge in [0.15, 0.2) is 0 Å². The summed E-state index contributed by atoms with van der Waals surface area (Å²) in [5.41, 5.74) is 5.21. The molecule has 150 valence electrons. The fourth-order valence-electron chi connectivity index (χ4n) is 4.93. The lowest BCUT2D eigenvalue weighted by molar-refractivity contribution is -0.384. The first-order valence-electron chi connectivity index (χ1n) is 11.0. The molecule has 0 aromatic heterocycles. The Morgan fingerprint density at radius 1 is 0.786 bits per heavy atom. The van der Waals surface area contributed by atoms with Gasteiger partial charge in [-0.05, 0) is 41.2 Å². The summed E-state index contributed by atoms with van der Waals surface area (Å²) in [6, 6.07) is 14.2. The van der Waals surface area contributed by atoms with Crippen molar-refractivity contribution in [1.29, 1.82) is 0 Å². The summed E-state index contributed by atoms with van der Waals surface area (Å²) in [7, 11) is 0. The molecule has 0 saturated heterocycles. The molecule has 0 heterocycles. The van der Waals surface area contributed by atoms with E-state index in [9.17, 15) is 10.1 Å².